The Kier molecular flexibility index (Phi) is 2.74. The first-order chi connectivity index (χ1) is 8.29. The molecule has 0 aromatic carbocycles. The number of nitrogens with zero attached hydrogens (tertiary/aromatic N) is 2. The highest BCUT2D eigenvalue weighted by Crippen LogP contribution is 2.39. The molecule has 2 unspecified atom stereocenters. The van der Waals surface area contributed by atoms with E-state index in [1.165, 1.54) is 12.8 Å². The van der Waals surface area contributed by atoms with Gasteiger partial charge < -0.3 is 4.74 Å². The summed E-state index contributed by atoms with van der Waals surface area (Å²) < 4.78 is 7.36. The second kappa shape index (κ2) is 4.26. The van der Waals surface area contributed by atoms with Crippen molar-refractivity contribution < 1.29 is 9.53 Å². The van der Waals surface area contributed by atoms with E-state index in [0.29, 0.717) is 18.6 Å². The minimum absolute atomic E-state index is 0.308. The molecule has 0 spiro atoms. The Hall–Kier alpha value is -1.16. The zero-order valence-electron chi connectivity index (χ0n) is 10.1. The van der Waals surface area contributed by atoms with Gasteiger partial charge in [0, 0.05) is 18.7 Å². The van der Waals surface area contributed by atoms with Crippen molar-refractivity contribution in [3.63, 3.8) is 0 Å². The molecule has 1 saturated carbocycles. The molecule has 92 valence electrons. The van der Waals surface area contributed by atoms with Gasteiger partial charge in [-0.25, -0.2) is 0 Å². The van der Waals surface area contributed by atoms with E-state index in [1.807, 2.05) is 10.9 Å². The topological polar surface area (TPSA) is 44.1 Å². The van der Waals surface area contributed by atoms with Crippen LogP contribution in [-0.4, -0.2) is 29.3 Å². The first kappa shape index (κ1) is 11.0. The van der Waals surface area contributed by atoms with Crippen LogP contribution in [0.15, 0.2) is 6.20 Å². The standard InChI is InChI=1S/C13H18N2O2/c1-9(10-2-3-10)15-6-12(7-16)13(14-15)11-4-5-17-8-11/h6-7,9-11H,2-5,8H2,1H3. The summed E-state index contributed by atoms with van der Waals surface area (Å²) in [5.74, 6) is 1.06. The van der Waals surface area contributed by atoms with Crippen molar-refractivity contribution in [2.75, 3.05) is 13.2 Å². The van der Waals surface area contributed by atoms with E-state index >= 15 is 0 Å². The molecule has 1 aliphatic carbocycles. The molecule has 17 heavy (non-hydrogen) atoms. The number of ether oxygens (including phenoxy) is 1. The van der Waals surface area contributed by atoms with Gasteiger partial charge >= 0.3 is 0 Å². The van der Waals surface area contributed by atoms with Gasteiger partial charge in [0.05, 0.1) is 23.9 Å². The molecule has 1 saturated heterocycles. The monoisotopic (exact) mass is 234 g/mol. The maximum Gasteiger partial charge on any atom is 0.153 e. The summed E-state index contributed by atoms with van der Waals surface area (Å²) >= 11 is 0. The van der Waals surface area contributed by atoms with Crippen LogP contribution in [0.4, 0.5) is 0 Å². The van der Waals surface area contributed by atoms with Crippen molar-refractivity contribution in [3.05, 3.63) is 17.5 Å². The number of hydrogen-bond acceptors (Lipinski definition) is 3. The Balaban J connectivity index is 1.88. The van der Waals surface area contributed by atoms with E-state index in [2.05, 4.69) is 12.0 Å². The summed E-state index contributed by atoms with van der Waals surface area (Å²) in [5, 5.41) is 4.63. The summed E-state index contributed by atoms with van der Waals surface area (Å²) in [4.78, 5) is 11.1. The summed E-state index contributed by atoms with van der Waals surface area (Å²) in [7, 11) is 0. The third-order valence-corrected chi connectivity index (χ3v) is 3.96. The number of hydrogen-bond donors (Lipinski definition) is 0. The minimum Gasteiger partial charge on any atom is -0.381 e. The van der Waals surface area contributed by atoms with Crippen LogP contribution in [0.1, 0.15) is 54.2 Å². The van der Waals surface area contributed by atoms with Crippen molar-refractivity contribution in [2.45, 2.75) is 38.1 Å². The molecular weight excluding hydrogens is 216 g/mol. The number of carbonyl (C=O) groups is 1. The largest absolute Gasteiger partial charge is 0.381 e. The van der Waals surface area contributed by atoms with Crippen molar-refractivity contribution in [3.8, 4) is 0 Å². The molecule has 0 radical (unpaired) electrons. The smallest absolute Gasteiger partial charge is 0.153 e. The zero-order chi connectivity index (χ0) is 11.8. The van der Waals surface area contributed by atoms with Gasteiger partial charge in [-0.2, -0.15) is 5.10 Å². The molecule has 1 aromatic heterocycles. The fraction of sp³-hybridized carbons (Fsp3) is 0.692. The number of rotatable bonds is 4. The van der Waals surface area contributed by atoms with Gasteiger partial charge in [0.15, 0.2) is 6.29 Å². The molecule has 0 N–H and O–H groups in total. The lowest BCUT2D eigenvalue weighted by atomic mass is 10.0. The molecule has 2 heterocycles. The molecule has 0 bridgehead atoms. The van der Waals surface area contributed by atoms with E-state index in [-0.39, 0.29) is 0 Å². The van der Waals surface area contributed by atoms with E-state index < -0.39 is 0 Å². The summed E-state index contributed by atoms with van der Waals surface area (Å²) in [5.41, 5.74) is 1.68. The highest BCUT2D eigenvalue weighted by Gasteiger charge is 2.31. The number of carbonyl (C=O) groups excluding carboxylic acids is 1. The molecule has 4 nitrogen and oxygen atoms in total. The second-order valence-corrected chi connectivity index (χ2v) is 5.21. The molecule has 4 heteroatoms. The molecule has 2 atom stereocenters. The van der Waals surface area contributed by atoms with Gasteiger partial charge in [0.2, 0.25) is 0 Å². The lowest BCUT2D eigenvalue weighted by molar-refractivity contribution is 0.112. The average molecular weight is 234 g/mol. The molecule has 3 rings (SSSR count). The van der Waals surface area contributed by atoms with Gasteiger partial charge in [-0.1, -0.05) is 0 Å². The molecule has 2 aliphatic rings. The fourth-order valence-corrected chi connectivity index (χ4v) is 2.58. The fourth-order valence-electron chi connectivity index (χ4n) is 2.58. The predicted molar refractivity (Wildman–Crippen MR) is 63.2 cm³/mol. The number of aromatic nitrogens is 2. The lowest BCUT2D eigenvalue weighted by Gasteiger charge is -2.10. The van der Waals surface area contributed by atoms with E-state index in [1.54, 1.807) is 0 Å². The Bertz CT molecular complexity index is 417. The van der Waals surface area contributed by atoms with Crippen molar-refractivity contribution in [2.24, 2.45) is 5.92 Å². The van der Waals surface area contributed by atoms with Crippen LogP contribution < -0.4 is 0 Å². The van der Waals surface area contributed by atoms with E-state index in [0.717, 1.165) is 36.5 Å². The van der Waals surface area contributed by atoms with Gasteiger partial charge in [-0.3, -0.25) is 9.48 Å². The molecular formula is C13H18N2O2. The maximum atomic E-state index is 11.1. The van der Waals surface area contributed by atoms with Gasteiger partial charge in [-0.05, 0) is 32.1 Å². The Morgan fingerprint density at radius 1 is 1.53 bits per heavy atom. The average Bonchev–Trinajstić information content (AvgIpc) is 2.90. The second-order valence-electron chi connectivity index (χ2n) is 5.21. The van der Waals surface area contributed by atoms with Crippen molar-refractivity contribution in [1.82, 2.24) is 9.78 Å². The Labute approximate surface area is 101 Å². The zero-order valence-corrected chi connectivity index (χ0v) is 10.1. The third-order valence-electron chi connectivity index (χ3n) is 3.96. The van der Waals surface area contributed by atoms with Crippen molar-refractivity contribution >= 4 is 6.29 Å². The number of aldehydes is 1. The predicted octanol–water partition coefficient (Wildman–Crippen LogP) is 2.17. The van der Waals surface area contributed by atoms with Crippen LogP contribution >= 0.6 is 0 Å². The van der Waals surface area contributed by atoms with Crippen LogP contribution in [0.25, 0.3) is 0 Å². The van der Waals surface area contributed by atoms with E-state index in [4.69, 9.17) is 4.74 Å². The highest BCUT2D eigenvalue weighted by atomic mass is 16.5. The van der Waals surface area contributed by atoms with Gasteiger partial charge in [-0.15, -0.1) is 0 Å². The van der Waals surface area contributed by atoms with Crippen LogP contribution in [0.2, 0.25) is 0 Å². The van der Waals surface area contributed by atoms with Crippen LogP contribution in [0, 0.1) is 5.92 Å². The van der Waals surface area contributed by atoms with Crippen LogP contribution in [-0.2, 0) is 4.74 Å². The molecule has 0 amide bonds. The SMILES string of the molecule is CC(C1CC1)n1cc(C=O)c(C2CCOC2)n1. The van der Waals surface area contributed by atoms with E-state index in [9.17, 15) is 4.79 Å². The summed E-state index contributed by atoms with van der Waals surface area (Å²) in [6.45, 7) is 3.68. The van der Waals surface area contributed by atoms with Crippen LogP contribution in [0.3, 0.4) is 0 Å². The third kappa shape index (κ3) is 2.02. The summed E-state index contributed by atoms with van der Waals surface area (Å²) in [6.07, 6.45) is 6.40. The first-order valence-electron chi connectivity index (χ1n) is 6.41. The first-order valence-corrected chi connectivity index (χ1v) is 6.41. The van der Waals surface area contributed by atoms with Gasteiger partial charge in [0.25, 0.3) is 0 Å². The maximum absolute atomic E-state index is 11.1. The Morgan fingerprint density at radius 2 is 2.35 bits per heavy atom. The van der Waals surface area contributed by atoms with Crippen molar-refractivity contribution in [1.29, 1.82) is 0 Å². The minimum atomic E-state index is 0.308. The molecule has 1 aromatic rings. The Morgan fingerprint density at radius 3 is 2.94 bits per heavy atom. The lowest BCUT2D eigenvalue weighted by Crippen LogP contribution is -2.09. The normalized spacial score (nSPS) is 26.1. The molecule has 1 aliphatic heterocycles. The van der Waals surface area contributed by atoms with Gasteiger partial charge in [0.1, 0.15) is 0 Å². The molecule has 2 fully saturated rings. The highest BCUT2D eigenvalue weighted by molar-refractivity contribution is 5.76. The van der Waals surface area contributed by atoms with Crippen LogP contribution in [0.5, 0.6) is 0 Å². The quantitative estimate of drug-likeness (QED) is 0.750. The summed E-state index contributed by atoms with van der Waals surface area (Å²) in [6, 6.07) is 0.421.